The Kier molecular flexibility index (Phi) is 8.53. The maximum atomic E-state index is 13.3. The van der Waals surface area contributed by atoms with Gasteiger partial charge in [-0.1, -0.05) is 11.6 Å². The highest BCUT2D eigenvalue weighted by Crippen LogP contribution is 2.33. The number of anilines is 1. The number of hydrogen-bond acceptors (Lipinski definition) is 6. The second-order valence-corrected chi connectivity index (χ2v) is 10.3. The van der Waals surface area contributed by atoms with Crippen LogP contribution in [0.5, 0.6) is 5.75 Å². The Morgan fingerprint density at radius 1 is 1.16 bits per heavy atom. The largest absolute Gasteiger partial charge is 0.496 e. The number of nitrogens with one attached hydrogen (secondary N) is 1. The zero-order chi connectivity index (χ0) is 26.7. The van der Waals surface area contributed by atoms with Gasteiger partial charge >= 0.3 is 12.1 Å². The van der Waals surface area contributed by atoms with Crippen molar-refractivity contribution in [3.63, 3.8) is 0 Å². The Morgan fingerprint density at radius 3 is 2.59 bits per heavy atom. The van der Waals surface area contributed by atoms with Crippen LogP contribution in [0.3, 0.4) is 0 Å². The van der Waals surface area contributed by atoms with Crippen LogP contribution in [0.1, 0.15) is 36.5 Å². The van der Waals surface area contributed by atoms with Crippen LogP contribution in [0.4, 0.5) is 15.3 Å². The predicted molar refractivity (Wildman–Crippen MR) is 140 cm³/mol. The SMILES string of the molecule is CCN1CCN(CCN2CC[C@@H](NC(=O)c3cc(Cl)c(N)cc3OC)[C@@H](C3CCCN3C(=O)O)C2)C1=O. The minimum atomic E-state index is -0.931. The number of nitrogens with zero attached hydrogens (tertiary/aromatic N) is 4. The molecule has 3 atom stereocenters. The molecule has 3 fully saturated rings. The number of benzene rings is 1. The van der Waals surface area contributed by atoms with Crippen LogP contribution in [0.15, 0.2) is 12.1 Å². The van der Waals surface area contributed by atoms with Crippen LogP contribution in [-0.4, -0.2) is 114 Å². The third kappa shape index (κ3) is 5.82. The number of nitrogens with two attached hydrogens (primary N) is 1. The summed E-state index contributed by atoms with van der Waals surface area (Å²) in [5.41, 5.74) is 6.48. The van der Waals surface area contributed by atoms with E-state index in [1.807, 2.05) is 16.7 Å². The number of nitrogen functional groups attached to an aromatic ring is 1. The monoisotopic (exact) mass is 536 g/mol. The quantitative estimate of drug-likeness (QED) is 0.434. The fourth-order valence-corrected chi connectivity index (χ4v) is 6.02. The summed E-state index contributed by atoms with van der Waals surface area (Å²) >= 11 is 6.18. The number of halogens is 1. The van der Waals surface area contributed by atoms with Gasteiger partial charge in [0.05, 0.1) is 23.4 Å². The molecule has 3 aliphatic rings. The van der Waals surface area contributed by atoms with Gasteiger partial charge in [-0.15, -0.1) is 0 Å². The highest BCUT2D eigenvalue weighted by Gasteiger charge is 2.42. The highest BCUT2D eigenvalue weighted by atomic mass is 35.5. The lowest BCUT2D eigenvalue weighted by Crippen LogP contribution is -2.58. The van der Waals surface area contributed by atoms with Gasteiger partial charge in [-0.05, 0) is 32.3 Å². The number of ether oxygens (including phenoxy) is 1. The molecule has 4 N–H and O–H groups in total. The van der Waals surface area contributed by atoms with Gasteiger partial charge in [0.15, 0.2) is 0 Å². The molecule has 4 rings (SSSR count). The molecule has 3 aliphatic heterocycles. The average molecular weight is 537 g/mol. The van der Waals surface area contributed by atoms with E-state index in [1.54, 1.807) is 0 Å². The minimum absolute atomic E-state index is 0.0742. The number of rotatable bonds is 8. The number of carbonyl (C=O) groups is 3. The Balaban J connectivity index is 1.48. The van der Waals surface area contributed by atoms with E-state index in [9.17, 15) is 19.5 Å². The van der Waals surface area contributed by atoms with Crippen LogP contribution in [-0.2, 0) is 0 Å². The van der Waals surface area contributed by atoms with E-state index in [2.05, 4.69) is 10.2 Å². The molecule has 0 aromatic heterocycles. The maximum Gasteiger partial charge on any atom is 0.407 e. The van der Waals surface area contributed by atoms with Crippen molar-refractivity contribution in [2.24, 2.45) is 5.92 Å². The van der Waals surface area contributed by atoms with E-state index in [1.165, 1.54) is 24.1 Å². The van der Waals surface area contributed by atoms with E-state index in [0.29, 0.717) is 50.6 Å². The summed E-state index contributed by atoms with van der Waals surface area (Å²) in [6.07, 6.45) is 1.29. The summed E-state index contributed by atoms with van der Waals surface area (Å²) in [6.45, 7) is 7.38. The molecule has 0 radical (unpaired) electrons. The number of hydrogen-bond donors (Lipinski definition) is 3. The van der Waals surface area contributed by atoms with Crippen molar-refractivity contribution in [3.8, 4) is 5.75 Å². The molecule has 1 unspecified atom stereocenters. The number of carboxylic acid groups (broad SMARTS) is 1. The summed E-state index contributed by atoms with van der Waals surface area (Å²) in [4.78, 5) is 45.3. The third-order valence-electron chi connectivity index (χ3n) is 7.91. The Bertz CT molecular complexity index is 1030. The van der Waals surface area contributed by atoms with Crippen molar-refractivity contribution in [2.75, 3.05) is 65.2 Å². The fraction of sp³-hybridized carbons (Fsp3) is 0.640. The first kappa shape index (κ1) is 27.1. The standard InChI is InChI=1S/C25H37ClN6O5/c1-3-30-11-12-31(24(30)34)10-9-29-8-6-20(17(15-29)21-5-4-7-32(21)25(35)36)28-23(33)16-13-18(26)19(27)14-22(16)37-2/h13-14,17,20-21H,3-12,15,27H2,1-2H3,(H,28,33)(H,35,36)/t17-,20+,21?/m0/s1. The van der Waals surface area contributed by atoms with Crippen molar-refractivity contribution in [1.29, 1.82) is 0 Å². The van der Waals surface area contributed by atoms with E-state index in [-0.39, 0.29) is 40.5 Å². The number of carbonyl (C=O) groups excluding carboxylic acids is 2. The molecule has 204 valence electrons. The van der Waals surface area contributed by atoms with Crippen molar-refractivity contribution in [1.82, 2.24) is 24.9 Å². The van der Waals surface area contributed by atoms with Crippen molar-refractivity contribution in [3.05, 3.63) is 22.7 Å². The normalized spacial score (nSPS) is 24.6. The summed E-state index contributed by atoms with van der Waals surface area (Å²) in [5, 5.41) is 13.2. The molecule has 0 aliphatic carbocycles. The van der Waals surface area contributed by atoms with Crippen LogP contribution >= 0.6 is 11.6 Å². The van der Waals surface area contributed by atoms with E-state index in [0.717, 1.165) is 32.5 Å². The zero-order valence-electron chi connectivity index (χ0n) is 21.5. The van der Waals surface area contributed by atoms with Crippen LogP contribution in [0.2, 0.25) is 5.02 Å². The number of amides is 4. The second kappa shape index (κ2) is 11.6. The first-order valence-corrected chi connectivity index (χ1v) is 13.3. The van der Waals surface area contributed by atoms with Crippen LogP contribution in [0.25, 0.3) is 0 Å². The van der Waals surface area contributed by atoms with Gasteiger partial charge in [-0.3, -0.25) is 4.79 Å². The number of likely N-dealkylation sites (tertiary alicyclic amines) is 2. The topological polar surface area (TPSA) is 132 Å². The first-order chi connectivity index (χ1) is 17.7. The lowest BCUT2D eigenvalue weighted by molar-refractivity contribution is 0.0604. The number of piperidine rings is 1. The number of urea groups is 1. The average Bonchev–Trinajstić information content (AvgIpc) is 3.51. The summed E-state index contributed by atoms with van der Waals surface area (Å²) in [5.74, 6) is -0.0878. The lowest BCUT2D eigenvalue weighted by Gasteiger charge is -2.43. The Labute approximate surface area is 222 Å². The molecule has 11 nitrogen and oxygen atoms in total. The van der Waals surface area contributed by atoms with Gasteiger partial charge in [-0.2, -0.15) is 0 Å². The van der Waals surface area contributed by atoms with Gasteiger partial charge < -0.3 is 40.5 Å². The summed E-state index contributed by atoms with van der Waals surface area (Å²) < 4.78 is 5.36. The molecule has 3 heterocycles. The van der Waals surface area contributed by atoms with Gasteiger partial charge in [0.1, 0.15) is 5.75 Å². The highest BCUT2D eigenvalue weighted by molar-refractivity contribution is 6.33. The van der Waals surface area contributed by atoms with Crippen LogP contribution in [0, 0.1) is 5.92 Å². The van der Waals surface area contributed by atoms with E-state index in [4.69, 9.17) is 22.1 Å². The van der Waals surface area contributed by atoms with Gasteiger partial charge in [0.25, 0.3) is 5.91 Å². The van der Waals surface area contributed by atoms with Crippen molar-refractivity contribution >= 4 is 35.3 Å². The molecular weight excluding hydrogens is 500 g/mol. The molecule has 3 saturated heterocycles. The zero-order valence-corrected chi connectivity index (χ0v) is 22.2. The van der Waals surface area contributed by atoms with E-state index >= 15 is 0 Å². The molecule has 37 heavy (non-hydrogen) atoms. The molecule has 1 aromatic carbocycles. The lowest BCUT2D eigenvalue weighted by atomic mass is 9.84. The fourth-order valence-electron chi connectivity index (χ4n) is 5.86. The molecule has 0 saturated carbocycles. The maximum absolute atomic E-state index is 13.3. The Hall–Kier alpha value is -2.92. The smallest absolute Gasteiger partial charge is 0.407 e. The van der Waals surface area contributed by atoms with Gasteiger partial charge in [-0.25, -0.2) is 9.59 Å². The van der Waals surface area contributed by atoms with Gasteiger partial charge in [0, 0.05) is 76.4 Å². The third-order valence-corrected chi connectivity index (χ3v) is 8.24. The predicted octanol–water partition coefficient (Wildman–Crippen LogP) is 2.25. The number of likely N-dealkylation sites (N-methyl/N-ethyl adjacent to an activating group) is 1. The Morgan fingerprint density at radius 2 is 1.92 bits per heavy atom. The summed E-state index contributed by atoms with van der Waals surface area (Å²) in [6, 6.07) is 2.69. The molecule has 0 bridgehead atoms. The second-order valence-electron chi connectivity index (χ2n) is 9.94. The van der Waals surface area contributed by atoms with Crippen LogP contribution < -0.4 is 15.8 Å². The van der Waals surface area contributed by atoms with E-state index < -0.39 is 6.09 Å². The van der Waals surface area contributed by atoms with Gasteiger partial charge in [0.2, 0.25) is 0 Å². The first-order valence-electron chi connectivity index (χ1n) is 12.9. The molecular formula is C25H37ClN6O5. The molecule has 12 heteroatoms. The molecule has 0 spiro atoms. The minimum Gasteiger partial charge on any atom is -0.496 e. The molecule has 4 amide bonds. The number of methoxy groups -OCH3 is 1. The van der Waals surface area contributed by atoms with Crippen molar-refractivity contribution < 1.29 is 24.2 Å². The molecule has 1 aromatic rings. The van der Waals surface area contributed by atoms with Crippen molar-refractivity contribution in [2.45, 2.75) is 38.3 Å². The summed E-state index contributed by atoms with van der Waals surface area (Å²) in [7, 11) is 1.47.